The van der Waals surface area contributed by atoms with Crippen molar-refractivity contribution < 1.29 is 14.6 Å². The number of ether oxygens (including phenoxy) is 1. The predicted molar refractivity (Wildman–Crippen MR) is 82.3 cm³/mol. The number of urea groups is 1. The van der Waals surface area contributed by atoms with Crippen LogP contribution < -0.4 is 5.32 Å². The Labute approximate surface area is 125 Å². The fraction of sp³-hybridized carbons (Fsp3) is 0.562. The number of anilines is 1. The van der Waals surface area contributed by atoms with Crippen molar-refractivity contribution in [2.24, 2.45) is 5.92 Å². The maximum absolute atomic E-state index is 12.3. The molecule has 1 heterocycles. The van der Waals surface area contributed by atoms with Crippen molar-refractivity contribution in [3.05, 3.63) is 29.8 Å². The molecule has 2 unspecified atom stereocenters. The van der Waals surface area contributed by atoms with Gasteiger partial charge in [0, 0.05) is 31.8 Å². The Morgan fingerprint density at radius 2 is 2.38 bits per heavy atom. The van der Waals surface area contributed by atoms with Crippen LogP contribution in [0.25, 0.3) is 0 Å². The SMILES string of the molecule is COCC1CCCN(C(=O)Nc2cccc(C(C)O)c2)C1. The van der Waals surface area contributed by atoms with Crippen LogP contribution in [0, 0.1) is 5.92 Å². The molecule has 2 rings (SSSR count). The van der Waals surface area contributed by atoms with E-state index < -0.39 is 6.10 Å². The maximum atomic E-state index is 12.3. The summed E-state index contributed by atoms with van der Waals surface area (Å²) in [7, 11) is 1.70. The number of piperidine rings is 1. The van der Waals surface area contributed by atoms with Crippen molar-refractivity contribution in [2.75, 3.05) is 32.1 Å². The Balaban J connectivity index is 1.96. The van der Waals surface area contributed by atoms with E-state index in [0.717, 1.165) is 31.5 Å². The number of amides is 2. The zero-order valence-corrected chi connectivity index (χ0v) is 12.7. The molecule has 0 radical (unpaired) electrons. The van der Waals surface area contributed by atoms with Gasteiger partial charge in [-0.2, -0.15) is 0 Å². The van der Waals surface area contributed by atoms with Crippen LogP contribution in [0.5, 0.6) is 0 Å². The number of hydrogen-bond donors (Lipinski definition) is 2. The quantitative estimate of drug-likeness (QED) is 0.896. The Morgan fingerprint density at radius 1 is 1.57 bits per heavy atom. The molecule has 1 saturated heterocycles. The van der Waals surface area contributed by atoms with Crippen molar-refractivity contribution >= 4 is 11.7 Å². The van der Waals surface area contributed by atoms with E-state index in [4.69, 9.17) is 4.74 Å². The Hall–Kier alpha value is -1.59. The standard InChI is InChI=1S/C16H24N2O3/c1-12(19)14-6-3-7-15(9-14)17-16(20)18-8-4-5-13(10-18)11-21-2/h3,6-7,9,12-13,19H,4-5,8,10-11H2,1-2H3,(H,17,20). The van der Waals surface area contributed by atoms with Gasteiger partial charge in [0.1, 0.15) is 0 Å². The molecule has 5 nitrogen and oxygen atoms in total. The molecule has 0 bridgehead atoms. The van der Waals surface area contributed by atoms with Crippen molar-refractivity contribution in [3.63, 3.8) is 0 Å². The van der Waals surface area contributed by atoms with Crippen LogP contribution in [0.3, 0.4) is 0 Å². The van der Waals surface area contributed by atoms with Gasteiger partial charge in [-0.05, 0) is 37.5 Å². The minimum absolute atomic E-state index is 0.0847. The van der Waals surface area contributed by atoms with Crippen LogP contribution in [0.2, 0.25) is 0 Å². The molecule has 2 atom stereocenters. The van der Waals surface area contributed by atoms with E-state index in [9.17, 15) is 9.90 Å². The van der Waals surface area contributed by atoms with Crippen LogP contribution >= 0.6 is 0 Å². The zero-order valence-electron chi connectivity index (χ0n) is 12.7. The van der Waals surface area contributed by atoms with E-state index in [1.165, 1.54) is 0 Å². The van der Waals surface area contributed by atoms with Gasteiger partial charge in [-0.1, -0.05) is 12.1 Å². The Bertz CT molecular complexity index is 474. The third kappa shape index (κ3) is 4.44. The first kappa shape index (κ1) is 15.8. The van der Waals surface area contributed by atoms with E-state index in [1.807, 2.05) is 23.1 Å². The number of likely N-dealkylation sites (tertiary alicyclic amines) is 1. The van der Waals surface area contributed by atoms with Gasteiger partial charge in [0.15, 0.2) is 0 Å². The summed E-state index contributed by atoms with van der Waals surface area (Å²) >= 11 is 0. The van der Waals surface area contributed by atoms with Crippen LogP contribution in [0.4, 0.5) is 10.5 Å². The third-order valence-corrected chi connectivity index (χ3v) is 3.83. The summed E-state index contributed by atoms with van der Waals surface area (Å²) in [5, 5.41) is 12.5. The molecule has 5 heteroatoms. The number of nitrogens with zero attached hydrogens (tertiary/aromatic N) is 1. The summed E-state index contributed by atoms with van der Waals surface area (Å²) in [6, 6.07) is 7.23. The predicted octanol–water partition coefficient (Wildman–Crippen LogP) is 2.63. The molecule has 0 aliphatic carbocycles. The molecule has 0 spiro atoms. The molecule has 116 valence electrons. The van der Waals surface area contributed by atoms with Crippen LogP contribution in [0.1, 0.15) is 31.4 Å². The third-order valence-electron chi connectivity index (χ3n) is 3.83. The lowest BCUT2D eigenvalue weighted by Crippen LogP contribution is -2.43. The summed E-state index contributed by atoms with van der Waals surface area (Å²) < 4.78 is 5.18. The second kappa shape index (κ2) is 7.43. The molecule has 1 aromatic carbocycles. The summed E-state index contributed by atoms with van der Waals surface area (Å²) in [5.41, 5.74) is 1.51. The van der Waals surface area contributed by atoms with Crippen LogP contribution in [0.15, 0.2) is 24.3 Å². The largest absolute Gasteiger partial charge is 0.389 e. The number of aliphatic hydroxyl groups excluding tert-OH is 1. The molecular weight excluding hydrogens is 268 g/mol. The average molecular weight is 292 g/mol. The minimum Gasteiger partial charge on any atom is -0.389 e. The van der Waals surface area contributed by atoms with Gasteiger partial charge in [0.25, 0.3) is 0 Å². The molecule has 2 amide bonds. The fourth-order valence-electron chi connectivity index (χ4n) is 2.70. The number of aliphatic hydroxyl groups is 1. The number of carbonyl (C=O) groups excluding carboxylic acids is 1. The van der Waals surface area contributed by atoms with Gasteiger partial charge in [0.2, 0.25) is 0 Å². The van der Waals surface area contributed by atoms with Crippen molar-refractivity contribution in [1.29, 1.82) is 0 Å². The van der Waals surface area contributed by atoms with Gasteiger partial charge in [-0.15, -0.1) is 0 Å². The minimum atomic E-state index is -0.539. The maximum Gasteiger partial charge on any atom is 0.321 e. The van der Waals surface area contributed by atoms with E-state index in [2.05, 4.69) is 5.32 Å². The normalized spacial score (nSPS) is 20.1. The van der Waals surface area contributed by atoms with E-state index in [-0.39, 0.29) is 6.03 Å². The summed E-state index contributed by atoms with van der Waals surface area (Å²) in [4.78, 5) is 14.1. The Kier molecular flexibility index (Phi) is 5.59. The lowest BCUT2D eigenvalue weighted by molar-refractivity contribution is 0.104. The lowest BCUT2D eigenvalue weighted by atomic mass is 9.99. The number of carbonyl (C=O) groups is 1. The molecule has 1 aromatic rings. The van der Waals surface area contributed by atoms with Crippen molar-refractivity contribution in [1.82, 2.24) is 4.90 Å². The molecule has 21 heavy (non-hydrogen) atoms. The van der Waals surface area contributed by atoms with Gasteiger partial charge in [0.05, 0.1) is 12.7 Å². The topological polar surface area (TPSA) is 61.8 Å². The molecule has 1 aliphatic heterocycles. The van der Waals surface area contributed by atoms with Crippen molar-refractivity contribution in [2.45, 2.75) is 25.9 Å². The highest BCUT2D eigenvalue weighted by atomic mass is 16.5. The number of hydrogen-bond acceptors (Lipinski definition) is 3. The van der Waals surface area contributed by atoms with Gasteiger partial charge < -0.3 is 20.1 Å². The smallest absolute Gasteiger partial charge is 0.321 e. The second-order valence-corrected chi connectivity index (χ2v) is 5.64. The number of benzene rings is 1. The highest BCUT2D eigenvalue weighted by Crippen LogP contribution is 2.20. The number of rotatable bonds is 4. The first-order valence-electron chi connectivity index (χ1n) is 7.43. The van der Waals surface area contributed by atoms with Crippen LogP contribution in [-0.2, 0) is 4.74 Å². The molecule has 1 aliphatic rings. The van der Waals surface area contributed by atoms with E-state index in [1.54, 1.807) is 20.1 Å². The van der Waals surface area contributed by atoms with Gasteiger partial charge in [-0.25, -0.2) is 4.79 Å². The zero-order chi connectivity index (χ0) is 15.2. The van der Waals surface area contributed by atoms with Gasteiger partial charge in [-0.3, -0.25) is 0 Å². The number of nitrogens with one attached hydrogen (secondary N) is 1. The first-order chi connectivity index (χ1) is 10.1. The first-order valence-corrected chi connectivity index (χ1v) is 7.43. The number of methoxy groups -OCH3 is 1. The van der Waals surface area contributed by atoms with E-state index >= 15 is 0 Å². The molecule has 0 saturated carbocycles. The Morgan fingerprint density at radius 3 is 3.10 bits per heavy atom. The summed E-state index contributed by atoms with van der Waals surface area (Å²) in [6.45, 7) is 3.92. The van der Waals surface area contributed by atoms with Crippen molar-refractivity contribution in [3.8, 4) is 0 Å². The monoisotopic (exact) mass is 292 g/mol. The second-order valence-electron chi connectivity index (χ2n) is 5.64. The van der Waals surface area contributed by atoms with Crippen LogP contribution in [-0.4, -0.2) is 42.8 Å². The summed E-state index contributed by atoms with van der Waals surface area (Å²) in [5.74, 6) is 0.415. The lowest BCUT2D eigenvalue weighted by Gasteiger charge is -2.32. The molecule has 1 fully saturated rings. The highest BCUT2D eigenvalue weighted by Gasteiger charge is 2.23. The fourth-order valence-corrected chi connectivity index (χ4v) is 2.70. The highest BCUT2D eigenvalue weighted by molar-refractivity contribution is 5.89. The molecular formula is C16H24N2O3. The van der Waals surface area contributed by atoms with Gasteiger partial charge >= 0.3 is 6.03 Å². The average Bonchev–Trinajstić information content (AvgIpc) is 2.48. The summed E-state index contributed by atoms with van der Waals surface area (Å²) in [6.07, 6.45) is 1.58. The van der Waals surface area contributed by atoms with E-state index in [0.29, 0.717) is 18.2 Å². The molecule has 2 N–H and O–H groups in total. The molecule has 0 aromatic heterocycles.